The van der Waals surface area contributed by atoms with E-state index in [0.717, 1.165) is 17.8 Å². The number of nitrogens with zero attached hydrogens (tertiary/aromatic N) is 1. The molecular formula is C11H11BrClNO. The molecule has 0 spiro atoms. The number of hydrogen-bond donors (Lipinski definition) is 0. The third-order valence-corrected chi connectivity index (χ3v) is 3.57. The van der Waals surface area contributed by atoms with E-state index in [9.17, 15) is 4.79 Å². The van der Waals surface area contributed by atoms with Gasteiger partial charge >= 0.3 is 0 Å². The summed E-state index contributed by atoms with van der Waals surface area (Å²) in [6, 6.07) is 5.72. The number of amides is 1. The third kappa shape index (κ3) is 2.18. The summed E-state index contributed by atoms with van der Waals surface area (Å²) in [7, 11) is 0. The number of benzene rings is 1. The van der Waals surface area contributed by atoms with Gasteiger partial charge in [-0.05, 0) is 24.6 Å². The van der Waals surface area contributed by atoms with Crippen molar-refractivity contribution in [2.45, 2.75) is 18.2 Å². The normalized spacial score (nSPS) is 21.1. The highest BCUT2D eigenvalue weighted by Gasteiger charge is 2.28. The third-order valence-electron chi connectivity index (χ3n) is 2.54. The molecule has 2 rings (SSSR count). The van der Waals surface area contributed by atoms with Crippen LogP contribution in [0.5, 0.6) is 0 Å². The summed E-state index contributed by atoms with van der Waals surface area (Å²) in [4.78, 5) is 13.7. The first-order valence-electron chi connectivity index (χ1n) is 4.78. The van der Waals surface area contributed by atoms with Crippen molar-refractivity contribution in [1.82, 2.24) is 0 Å². The first-order valence-corrected chi connectivity index (χ1v) is 6.08. The molecule has 4 heteroatoms. The molecular weight excluding hydrogens is 277 g/mol. The molecule has 0 saturated carbocycles. The Morgan fingerprint density at radius 3 is 2.80 bits per heavy atom. The Morgan fingerprint density at radius 1 is 1.53 bits per heavy atom. The highest BCUT2D eigenvalue weighted by Crippen LogP contribution is 2.28. The lowest BCUT2D eigenvalue weighted by molar-refractivity contribution is -0.117. The average Bonchev–Trinajstić information content (AvgIpc) is 2.50. The average molecular weight is 289 g/mol. The number of hydrogen-bond acceptors (Lipinski definition) is 1. The van der Waals surface area contributed by atoms with Gasteiger partial charge in [-0.25, -0.2) is 0 Å². The summed E-state index contributed by atoms with van der Waals surface area (Å²) in [5.41, 5.74) is 1.92. The molecule has 1 unspecified atom stereocenters. The molecule has 1 aromatic carbocycles. The van der Waals surface area contributed by atoms with Crippen molar-refractivity contribution in [1.29, 1.82) is 0 Å². The van der Waals surface area contributed by atoms with Crippen molar-refractivity contribution in [2.24, 2.45) is 0 Å². The van der Waals surface area contributed by atoms with E-state index in [1.165, 1.54) is 0 Å². The smallest absolute Gasteiger partial charge is 0.228 e. The van der Waals surface area contributed by atoms with Crippen LogP contribution in [0.2, 0.25) is 5.02 Å². The van der Waals surface area contributed by atoms with Gasteiger partial charge < -0.3 is 4.90 Å². The van der Waals surface area contributed by atoms with Crippen molar-refractivity contribution in [3.8, 4) is 0 Å². The van der Waals surface area contributed by atoms with E-state index in [0.29, 0.717) is 11.4 Å². The minimum absolute atomic E-state index is 0.150. The standard InChI is InChI=1S/C11H11BrClNO/c1-7-2-3-9(5-10(7)13)14-6-8(12)4-11(14)15/h2-3,5,8H,4,6H2,1H3. The molecule has 0 aliphatic carbocycles. The van der Waals surface area contributed by atoms with Gasteiger partial charge in [-0.3, -0.25) is 4.79 Å². The molecule has 1 saturated heterocycles. The van der Waals surface area contributed by atoms with E-state index in [4.69, 9.17) is 11.6 Å². The van der Waals surface area contributed by atoms with Crippen LogP contribution in [0.4, 0.5) is 5.69 Å². The second kappa shape index (κ2) is 4.14. The van der Waals surface area contributed by atoms with Crippen LogP contribution in [-0.2, 0) is 4.79 Å². The zero-order valence-corrected chi connectivity index (χ0v) is 10.7. The molecule has 0 N–H and O–H groups in total. The quantitative estimate of drug-likeness (QED) is 0.727. The van der Waals surface area contributed by atoms with Crippen molar-refractivity contribution in [3.63, 3.8) is 0 Å². The largest absolute Gasteiger partial charge is 0.311 e. The van der Waals surface area contributed by atoms with Crippen molar-refractivity contribution in [3.05, 3.63) is 28.8 Å². The highest BCUT2D eigenvalue weighted by atomic mass is 79.9. The minimum atomic E-state index is 0.150. The molecule has 0 aromatic heterocycles. The second-order valence-corrected chi connectivity index (χ2v) is 5.44. The van der Waals surface area contributed by atoms with Gasteiger partial charge in [0.1, 0.15) is 0 Å². The van der Waals surface area contributed by atoms with Gasteiger partial charge in [-0.15, -0.1) is 0 Å². The van der Waals surface area contributed by atoms with Gasteiger partial charge in [0.05, 0.1) is 0 Å². The van der Waals surface area contributed by atoms with E-state index in [1.807, 2.05) is 25.1 Å². The number of alkyl halides is 1. The van der Waals surface area contributed by atoms with Gasteiger partial charge in [-0.2, -0.15) is 0 Å². The summed E-state index contributed by atoms with van der Waals surface area (Å²) in [6.45, 7) is 2.67. The maximum atomic E-state index is 11.6. The maximum absolute atomic E-state index is 11.6. The van der Waals surface area contributed by atoms with E-state index in [-0.39, 0.29) is 10.7 Å². The fourth-order valence-corrected chi connectivity index (χ4v) is 2.40. The Hall–Kier alpha value is -0.540. The zero-order chi connectivity index (χ0) is 11.0. The molecule has 0 radical (unpaired) electrons. The van der Waals surface area contributed by atoms with Crippen LogP contribution >= 0.6 is 27.5 Å². The number of carbonyl (C=O) groups is 1. The van der Waals surface area contributed by atoms with E-state index < -0.39 is 0 Å². The molecule has 2 nitrogen and oxygen atoms in total. The fraction of sp³-hybridized carbons (Fsp3) is 0.364. The van der Waals surface area contributed by atoms with E-state index in [2.05, 4.69) is 15.9 Å². The predicted octanol–water partition coefficient (Wildman–Crippen LogP) is 3.15. The van der Waals surface area contributed by atoms with Gasteiger partial charge in [0.15, 0.2) is 0 Å². The van der Waals surface area contributed by atoms with Crippen LogP contribution in [0.1, 0.15) is 12.0 Å². The van der Waals surface area contributed by atoms with Crippen molar-refractivity contribution in [2.75, 3.05) is 11.4 Å². The highest BCUT2D eigenvalue weighted by molar-refractivity contribution is 9.09. The number of carbonyl (C=O) groups excluding carboxylic acids is 1. The number of halogens is 2. The van der Waals surface area contributed by atoms with Crippen molar-refractivity contribution >= 4 is 39.1 Å². The molecule has 1 atom stereocenters. The lowest BCUT2D eigenvalue weighted by Gasteiger charge is -2.16. The zero-order valence-electron chi connectivity index (χ0n) is 8.34. The molecule has 15 heavy (non-hydrogen) atoms. The maximum Gasteiger partial charge on any atom is 0.228 e. The fourth-order valence-electron chi connectivity index (χ4n) is 1.66. The van der Waals surface area contributed by atoms with Gasteiger partial charge in [0, 0.05) is 28.5 Å². The molecule has 1 heterocycles. The Labute approximate surface area is 102 Å². The Morgan fingerprint density at radius 2 is 2.27 bits per heavy atom. The Balaban J connectivity index is 2.30. The first kappa shape index (κ1) is 11.0. The topological polar surface area (TPSA) is 20.3 Å². The molecule has 1 aromatic rings. The van der Waals surface area contributed by atoms with Crippen LogP contribution in [0, 0.1) is 6.92 Å². The Bertz CT molecular complexity index is 408. The molecule has 1 aliphatic rings. The lowest BCUT2D eigenvalue weighted by Crippen LogP contribution is -2.24. The molecule has 1 fully saturated rings. The predicted molar refractivity (Wildman–Crippen MR) is 65.9 cm³/mol. The summed E-state index contributed by atoms with van der Waals surface area (Å²) in [5.74, 6) is 0.150. The number of rotatable bonds is 1. The molecule has 1 aliphatic heterocycles. The first-order chi connectivity index (χ1) is 7.08. The monoisotopic (exact) mass is 287 g/mol. The van der Waals surface area contributed by atoms with Gasteiger partial charge in [0.2, 0.25) is 5.91 Å². The molecule has 1 amide bonds. The summed E-state index contributed by atoms with van der Waals surface area (Å²) >= 11 is 9.48. The van der Waals surface area contributed by atoms with Crippen LogP contribution in [0.3, 0.4) is 0 Å². The van der Waals surface area contributed by atoms with Crippen LogP contribution in [0.25, 0.3) is 0 Å². The summed E-state index contributed by atoms with van der Waals surface area (Å²) < 4.78 is 0. The second-order valence-electron chi connectivity index (χ2n) is 3.74. The number of aryl methyl sites for hydroxylation is 1. The number of anilines is 1. The van der Waals surface area contributed by atoms with Gasteiger partial charge in [-0.1, -0.05) is 33.6 Å². The SMILES string of the molecule is Cc1ccc(N2CC(Br)CC2=O)cc1Cl. The summed E-state index contributed by atoms with van der Waals surface area (Å²) in [6.07, 6.45) is 0.561. The van der Waals surface area contributed by atoms with Crippen LogP contribution in [-0.4, -0.2) is 17.3 Å². The summed E-state index contributed by atoms with van der Waals surface area (Å²) in [5, 5.41) is 0.707. The van der Waals surface area contributed by atoms with Crippen LogP contribution < -0.4 is 4.90 Å². The molecule has 80 valence electrons. The minimum Gasteiger partial charge on any atom is -0.311 e. The van der Waals surface area contributed by atoms with E-state index in [1.54, 1.807) is 4.90 Å². The lowest BCUT2D eigenvalue weighted by atomic mass is 10.2. The van der Waals surface area contributed by atoms with Crippen molar-refractivity contribution < 1.29 is 4.79 Å². The Kier molecular flexibility index (Phi) is 3.03. The van der Waals surface area contributed by atoms with Crippen LogP contribution in [0.15, 0.2) is 18.2 Å². The van der Waals surface area contributed by atoms with Gasteiger partial charge in [0.25, 0.3) is 0 Å². The molecule has 0 bridgehead atoms. The van der Waals surface area contributed by atoms with E-state index >= 15 is 0 Å².